The van der Waals surface area contributed by atoms with Gasteiger partial charge in [0.2, 0.25) is 11.8 Å². The molecule has 1 aliphatic heterocycles. The van der Waals surface area contributed by atoms with E-state index < -0.39 is 19.5 Å². The van der Waals surface area contributed by atoms with E-state index in [1.54, 1.807) is 24.7 Å². The lowest BCUT2D eigenvalue weighted by atomic mass is 10.4. The third kappa shape index (κ3) is 2.96. The van der Waals surface area contributed by atoms with E-state index in [2.05, 4.69) is 0 Å². The van der Waals surface area contributed by atoms with Crippen LogP contribution in [0.2, 0.25) is 0 Å². The Hall–Kier alpha value is -2.85. The summed E-state index contributed by atoms with van der Waals surface area (Å²) in [5.41, 5.74) is 0. The maximum atomic E-state index is 12.6. The van der Waals surface area contributed by atoms with Crippen molar-refractivity contribution < 1.29 is 18.4 Å². The highest BCUT2D eigenvalue weighted by Gasteiger charge is 2.54. The molecule has 3 heterocycles. The molecular formula is C20H19N2O4P. The largest absolute Gasteiger partial charge is 0.467 e. The van der Waals surface area contributed by atoms with Crippen molar-refractivity contribution in [2.75, 3.05) is 0 Å². The van der Waals surface area contributed by atoms with Crippen molar-refractivity contribution >= 4 is 25.0 Å². The number of furan rings is 2. The average Bonchev–Trinajstić information content (AvgIpc) is 3.39. The van der Waals surface area contributed by atoms with Crippen LogP contribution in [0.5, 0.6) is 0 Å². The number of amides is 2. The Bertz CT molecular complexity index is 866. The minimum Gasteiger partial charge on any atom is -0.467 e. The van der Waals surface area contributed by atoms with Crippen LogP contribution in [0.4, 0.5) is 0 Å². The van der Waals surface area contributed by atoms with Gasteiger partial charge in [-0.05, 0) is 37.5 Å². The van der Waals surface area contributed by atoms with E-state index in [0.29, 0.717) is 11.5 Å². The van der Waals surface area contributed by atoms with Gasteiger partial charge in [0.15, 0.2) is 0 Å². The van der Waals surface area contributed by atoms with Crippen LogP contribution < -0.4 is 5.30 Å². The minimum atomic E-state index is -1.09. The van der Waals surface area contributed by atoms with Crippen LogP contribution in [-0.4, -0.2) is 21.8 Å². The Morgan fingerprint density at radius 3 is 1.63 bits per heavy atom. The molecule has 0 bridgehead atoms. The van der Waals surface area contributed by atoms with Gasteiger partial charge in [0.1, 0.15) is 23.1 Å². The Morgan fingerprint density at radius 2 is 1.26 bits per heavy atom. The standard InChI is InChI=1S/C20H19N2O4P/c1-14(23)21-19(17-10-6-12-25-17)27(16-8-4-3-5-9-16)20(22(21)15(2)24)18-11-7-13-26-18/h3-13,19-20H,1-2H3/t19-,20-/m0/s1. The van der Waals surface area contributed by atoms with Crippen LogP contribution in [0.15, 0.2) is 76.0 Å². The van der Waals surface area contributed by atoms with Gasteiger partial charge in [-0.1, -0.05) is 30.3 Å². The molecule has 0 N–H and O–H groups in total. The van der Waals surface area contributed by atoms with Crippen LogP contribution in [0, 0.1) is 0 Å². The van der Waals surface area contributed by atoms with Crippen molar-refractivity contribution in [2.45, 2.75) is 25.4 Å². The van der Waals surface area contributed by atoms with Crippen molar-refractivity contribution in [3.05, 3.63) is 78.6 Å². The van der Waals surface area contributed by atoms with Crippen LogP contribution in [0.3, 0.4) is 0 Å². The first-order valence-corrected chi connectivity index (χ1v) is 10.1. The zero-order valence-corrected chi connectivity index (χ0v) is 15.9. The van der Waals surface area contributed by atoms with E-state index >= 15 is 0 Å². The first kappa shape index (κ1) is 17.6. The Labute approximate surface area is 158 Å². The summed E-state index contributed by atoms with van der Waals surface area (Å²) >= 11 is 0. The number of nitrogens with zero attached hydrogens (tertiary/aromatic N) is 2. The number of carbonyl (C=O) groups excluding carboxylic acids is 2. The molecule has 0 radical (unpaired) electrons. The third-order valence-electron chi connectivity index (χ3n) is 4.52. The molecule has 0 aliphatic carbocycles. The summed E-state index contributed by atoms with van der Waals surface area (Å²) in [6.07, 6.45) is 3.18. The number of carbonyl (C=O) groups is 2. The van der Waals surface area contributed by atoms with E-state index in [0.717, 1.165) is 5.30 Å². The number of benzene rings is 1. The molecule has 27 heavy (non-hydrogen) atoms. The maximum absolute atomic E-state index is 12.6. The molecular weight excluding hydrogens is 363 g/mol. The molecule has 2 atom stereocenters. The summed E-state index contributed by atoms with van der Waals surface area (Å²) in [7, 11) is -1.09. The van der Waals surface area contributed by atoms with Gasteiger partial charge in [-0.2, -0.15) is 0 Å². The first-order valence-electron chi connectivity index (χ1n) is 8.59. The van der Waals surface area contributed by atoms with Gasteiger partial charge in [0.05, 0.1) is 12.5 Å². The molecule has 1 aliphatic rings. The monoisotopic (exact) mass is 382 g/mol. The number of hydrogen-bond donors (Lipinski definition) is 0. The van der Waals surface area contributed by atoms with Gasteiger partial charge in [-0.3, -0.25) is 9.59 Å². The second-order valence-corrected chi connectivity index (χ2v) is 8.56. The zero-order chi connectivity index (χ0) is 19.0. The molecule has 0 spiro atoms. The summed E-state index contributed by atoms with van der Waals surface area (Å²) in [5, 5.41) is 4.10. The Morgan fingerprint density at radius 1 is 0.778 bits per heavy atom. The summed E-state index contributed by atoms with van der Waals surface area (Å²) in [6.45, 7) is 2.93. The number of hydrazine groups is 1. The predicted octanol–water partition coefficient (Wildman–Crippen LogP) is 4.00. The smallest absolute Gasteiger partial charge is 0.239 e. The molecule has 2 amide bonds. The zero-order valence-electron chi connectivity index (χ0n) is 15.0. The van der Waals surface area contributed by atoms with E-state index in [-0.39, 0.29) is 11.8 Å². The highest BCUT2D eigenvalue weighted by molar-refractivity contribution is 7.66. The fourth-order valence-corrected chi connectivity index (χ4v) is 6.74. The lowest BCUT2D eigenvalue weighted by Gasteiger charge is -2.31. The van der Waals surface area contributed by atoms with Gasteiger partial charge >= 0.3 is 0 Å². The summed E-state index contributed by atoms with van der Waals surface area (Å²) in [6, 6.07) is 17.2. The van der Waals surface area contributed by atoms with E-state index in [4.69, 9.17) is 8.83 Å². The lowest BCUT2D eigenvalue weighted by molar-refractivity contribution is -0.163. The van der Waals surface area contributed by atoms with Gasteiger partial charge in [-0.25, -0.2) is 10.0 Å². The summed E-state index contributed by atoms with van der Waals surface area (Å²) in [5.74, 6) is 0.0805. The normalized spacial score (nSPS) is 20.2. The van der Waals surface area contributed by atoms with Crippen LogP contribution in [0.25, 0.3) is 0 Å². The van der Waals surface area contributed by atoms with Gasteiger partial charge in [0, 0.05) is 13.8 Å². The van der Waals surface area contributed by atoms with Gasteiger partial charge in [0.25, 0.3) is 0 Å². The first-order chi connectivity index (χ1) is 13.1. The van der Waals surface area contributed by atoms with Crippen molar-refractivity contribution in [3.63, 3.8) is 0 Å². The van der Waals surface area contributed by atoms with Gasteiger partial charge < -0.3 is 8.83 Å². The van der Waals surface area contributed by atoms with Gasteiger partial charge in [-0.15, -0.1) is 0 Å². The van der Waals surface area contributed by atoms with Crippen molar-refractivity contribution in [3.8, 4) is 0 Å². The fourth-order valence-electron chi connectivity index (χ4n) is 3.53. The second kappa shape index (κ2) is 7.05. The summed E-state index contributed by atoms with van der Waals surface area (Å²) in [4.78, 5) is 25.3. The number of hydrogen-bond acceptors (Lipinski definition) is 4. The molecule has 3 aromatic rings. The molecule has 0 unspecified atom stereocenters. The van der Waals surface area contributed by atoms with Crippen molar-refractivity contribution in [1.29, 1.82) is 0 Å². The van der Waals surface area contributed by atoms with Crippen LogP contribution in [-0.2, 0) is 9.59 Å². The molecule has 2 aromatic heterocycles. The highest BCUT2D eigenvalue weighted by Crippen LogP contribution is 2.69. The van der Waals surface area contributed by atoms with Crippen molar-refractivity contribution in [1.82, 2.24) is 10.0 Å². The predicted molar refractivity (Wildman–Crippen MR) is 101 cm³/mol. The average molecular weight is 382 g/mol. The molecule has 0 saturated carbocycles. The minimum absolute atomic E-state index is 0.218. The molecule has 4 rings (SSSR count). The molecule has 1 fully saturated rings. The molecule has 138 valence electrons. The lowest BCUT2D eigenvalue weighted by Crippen LogP contribution is -2.44. The third-order valence-corrected chi connectivity index (χ3v) is 7.41. The number of rotatable bonds is 3. The van der Waals surface area contributed by atoms with E-state index in [9.17, 15) is 9.59 Å². The fraction of sp³-hybridized carbons (Fsp3) is 0.200. The maximum Gasteiger partial charge on any atom is 0.239 e. The SMILES string of the molecule is CC(=O)N1[C@H](c2ccco2)P(c2ccccc2)[C@@H](c2ccco2)N1C(C)=O. The molecule has 6 nitrogen and oxygen atoms in total. The molecule has 7 heteroatoms. The Balaban J connectivity index is 1.96. The van der Waals surface area contributed by atoms with E-state index in [1.165, 1.54) is 23.9 Å². The second-order valence-electron chi connectivity index (χ2n) is 6.25. The topological polar surface area (TPSA) is 66.9 Å². The summed E-state index contributed by atoms with van der Waals surface area (Å²) < 4.78 is 11.4. The van der Waals surface area contributed by atoms with E-state index in [1.807, 2.05) is 42.5 Å². The molecule has 1 saturated heterocycles. The van der Waals surface area contributed by atoms with Crippen molar-refractivity contribution in [2.24, 2.45) is 0 Å². The molecule has 1 aromatic carbocycles. The van der Waals surface area contributed by atoms with Crippen LogP contribution in [0.1, 0.15) is 36.9 Å². The highest BCUT2D eigenvalue weighted by atomic mass is 31.1. The quantitative estimate of drug-likeness (QED) is 0.642. The Kier molecular flexibility index (Phi) is 4.58. The van der Waals surface area contributed by atoms with Crippen LogP contribution >= 0.6 is 7.92 Å².